The molecule has 0 spiro atoms. The summed E-state index contributed by atoms with van der Waals surface area (Å²) >= 11 is 3.47. The summed E-state index contributed by atoms with van der Waals surface area (Å²) in [5, 5.41) is 15.5. The van der Waals surface area contributed by atoms with Gasteiger partial charge in [-0.25, -0.2) is 4.68 Å². The van der Waals surface area contributed by atoms with Gasteiger partial charge in [0.25, 0.3) is 0 Å². The van der Waals surface area contributed by atoms with Crippen LogP contribution in [0.1, 0.15) is 25.2 Å². The molecule has 1 heterocycles. The molecule has 0 aliphatic carbocycles. The van der Waals surface area contributed by atoms with Crippen molar-refractivity contribution in [3.63, 3.8) is 0 Å². The fraction of sp³-hybridized carbons (Fsp3) is 0.357. The largest absolute Gasteiger partial charge is 0.484 e. The minimum atomic E-state index is -0.446. The third-order valence-electron chi connectivity index (χ3n) is 2.95. The van der Waals surface area contributed by atoms with Gasteiger partial charge >= 0.3 is 5.69 Å². The Hall–Kier alpha value is -1.89. The van der Waals surface area contributed by atoms with Crippen LogP contribution in [-0.2, 0) is 0 Å². The van der Waals surface area contributed by atoms with Crippen molar-refractivity contribution >= 4 is 21.6 Å². The van der Waals surface area contributed by atoms with Crippen LogP contribution >= 0.6 is 15.9 Å². The van der Waals surface area contributed by atoms with E-state index >= 15 is 0 Å². The van der Waals surface area contributed by atoms with Crippen molar-refractivity contribution in [3.8, 4) is 11.4 Å². The highest BCUT2D eigenvalue weighted by molar-refractivity contribution is 9.10. The quantitative estimate of drug-likeness (QED) is 0.616. The number of hydrogen-bond acceptors (Lipinski definition) is 4. The van der Waals surface area contributed by atoms with Crippen LogP contribution < -0.4 is 4.74 Å². The topological polar surface area (TPSA) is 70.2 Å². The number of ether oxygens (including phenoxy) is 1. The summed E-state index contributed by atoms with van der Waals surface area (Å²) in [6, 6.07) is 4.75. The molecule has 112 valence electrons. The first-order valence-electron chi connectivity index (χ1n) is 6.48. The third kappa shape index (κ3) is 3.07. The Labute approximate surface area is 131 Å². The van der Waals surface area contributed by atoms with Crippen LogP contribution in [0.5, 0.6) is 5.75 Å². The van der Waals surface area contributed by atoms with Gasteiger partial charge in [-0.15, -0.1) is 0 Å². The van der Waals surface area contributed by atoms with Crippen LogP contribution in [0, 0.1) is 24.0 Å². The molecule has 1 aromatic heterocycles. The highest BCUT2D eigenvalue weighted by Gasteiger charge is 2.19. The van der Waals surface area contributed by atoms with E-state index in [9.17, 15) is 10.1 Å². The molecular formula is C14H16BrN3O3. The highest BCUT2D eigenvalue weighted by Crippen LogP contribution is 2.31. The van der Waals surface area contributed by atoms with Gasteiger partial charge in [-0.05, 0) is 49.7 Å². The molecule has 2 rings (SSSR count). The number of aryl methyl sites for hydroxylation is 1. The van der Waals surface area contributed by atoms with E-state index in [1.54, 1.807) is 16.8 Å². The molecule has 0 aliphatic rings. The molecule has 0 aliphatic heterocycles. The lowest BCUT2D eigenvalue weighted by Gasteiger charge is -2.12. The van der Waals surface area contributed by atoms with Gasteiger partial charge in [-0.1, -0.05) is 0 Å². The second-order valence-corrected chi connectivity index (χ2v) is 5.77. The number of rotatable bonds is 4. The Morgan fingerprint density at radius 2 is 2.05 bits per heavy atom. The SMILES string of the molecule is Cc1nn(-c2ccc([N+](=O)[O-])c(OC(C)C)c2)c(C)c1Br. The normalized spacial score (nSPS) is 11.0. The van der Waals surface area contributed by atoms with Crippen molar-refractivity contribution in [2.24, 2.45) is 0 Å². The van der Waals surface area contributed by atoms with Gasteiger partial charge in [0.15, 0.2) is 5.75 Å². The van der Waals surface area contributed by atoms with Gasteiger partial charge in [0.05, 0.1) is 32.6 Å². The minimum Gasteiger partial charge on any atom is -0.484 e. The third-order valence-corrected chi connectivity index (χ3v) is 4.10. The van der Waals surface area contributed by atoms with E-state index < -0.39 is 4.92 Å². The molecule has 0 N–H and O–H groups in total. The Kier molecular flexibility index (Phi) is 4.32. The summed E-state index contributed by atoms with van der Waals surface area (Å²) in [6.45, 7) is 7.48. The van der Waals surface area contributed by atoms with Crippen molar-refractivity contribution in [1.29, 1.82) is 0 Å². The van der Waals surface area contributed by atoms with Gasteiger partial charge < -0.3 is 4.74 Å². The van der Waals surface area contributed by atoms with Gasteiger partial charge in [0.2, 0.25) is 0 Å². The first-order valence-corrected chi connectivity index (χ1v) is 7.27. The zero-order valence-electron chi connectivity index (χ0n) is 12.3. The van der Waals surface area contributed by atoms with E-state index in [1.165, 1.54) is 6.07 Å². The average Bonchev–Trinajstić information content (AvgIpc) is 2.65. The number of halogens is 1. The first kappa shape index (κ1) is 15.5. The molecule has 0 saturated carbocycles. The van der Waals surface area contributed by atoms with E-state index in [-0.39, 0.29) is 17.5 Å². The lowest BCUT2D eigenvalue weighted by Crippen LogP contribution is -2.08. The molecule has 6 nitrogen and oxygen atoms in total. The minimum absolute atomic E-state index is 0.0481. The van der Waals surface area contributed by atoms with Crippen molar-refractivity contribution in [2.45, 2.75) is 33.8 Å². The molecule has 0 radical (unpaired) electrons. The zero-order valence-corrected chi connectivity index (χ0v) is 13.8. The Morgan fingerprint density at radius 3 is 2.52 bits per heavy atom. The number of nitrogens with zero attached hydrogens (tertiary/aromatic N) is 3. The molecular weight excluding hydrogens is 338 g/mol. The summed E-state index contributed by atoms with van der Waals surface area (Å²) in [4.78, 5) is 10.6. The summed E-state index contributed by atoms with van der Waals surface area (Å²) in [6.07, 6.45) is -0.147. The van der Waals surface area contributed by atoms with Crippen LogP contribution in [0.15, 0.2) is 22.7 Å². The van der Waals surface area contributed by atoms with Gasteiger partial charge in [0, 0.05) is 12.1 Å². The van der Waals surface area contributed by atoms with E-state index in [0.717, 1.165) is 21.5 Å². The standard InChI is InChI=1S/C14H16BrN3O3/c1-8(2)21-13-7-11(5-6-12(13)18(19)20)17-10(4)14(15)9(3)16-17/h5-8H,1-4H3. The number of nitro groups is 1. The van der Waals surface area contributed by atoms with E-state index in [2.05, 4.69) is 21.0 Å². The lowest BCUT2D eigenvalue weighted by molar-refractivity contribution is -0.386. The maximum Gasteiger partial charge on any atom is 0.311 e. The summed E-state index contributed by atoms with van der Waals surface area (Å²) in [5.41, 5.74) is 2.46. The van der Waals surface area contributed by atoms with Gasteiger partial charge in [-0.2, -0.15) is 5.10 Å². The fourth-order valence-corrected chi connectivity index (χ4v) is 2.26. The molecule has 0 bridgehead atoms. The van der Waals surface area contributed by atoms with Crippen LogP contribution in [-0.4, -0.2) is 20.8 Å². The summed E-state index contributed by atoms with van der Waals surface area (Å²) < 4.78 is 8.21. The molecule has 2 aromatic rings. The zero-order chi connectivity index (χ0) is 15.7. The van der Waals surface area contributed by atoms with E-state index in [0.29, 0.717) is 0 Å². The fourth-order valence-electron chi connectivity index (χ4n) is 2.01. The average molecular weight is 354 g/mol. The molecule has 0 atom stereocenters. The van der Waals surface area contributed by atoms with Crippen LogP contribution in [0.3, 0.4) is 0 Å². The Balaban J connectivity index is 2.55. The van der Waals surface area contributed by atoms with E-state index in [1.807, 2.05) is 27.7 Å². The highest BCUT2D eigenvalue weighted by atomic mass is 79.9. The lowest BCUT2D eigenvalue weighted by atomic mass is 10.2. The molecule has 0 amide bonds. The Bertz CT molecular complexity index is 695. The van der Waals surface area contributed by atoms with Crippen molar-refractivity contribution in [3.05, 3.63) is 44.2 Å². The number of hydrogen-bond donors (Lipinski definition) is 0. The second kappa shape index (κ2) is 5.85. The predicted molar refractivity (Wildman–Crippen MR) is 83.2 cm³/mol. The van der Waals surface area contributed by atoms with Crippen LogP contribution in [0.2, 0.25) is 0 Å². The van der Waals surface area contributed by atoms with Gasteiger partial charge in [0.1, 0.15) is 0 Å². The maximum atomic E-state index is 11.1. The monoisotopic (exact) mass is 353 g/mol. The molecule has 0 unspecified atom stereocenters. The van der Waals surface area contributed by atoms with Crippen molar-refractivity contribution < 1.29 is 9.66 Å². The molecule has 1 aromatic carbocycles. The molecule has 0 fully saturated rings. The number of nitro benzene ring substituents is 1. The van der Waals surface area contributed by atoms with Gasteiger partial charge in [-0.3, -0.25) is 10.1 Å². The maximum absolute atomic E-state index is 11.1. The van der Waals surface area contributed by atoms with Crippen molar-refractivity contribution in [2.75, 3.05) is 0 Å². The first-order chi connectivity index (χ1) is 9.81. The smallest absolute Gasteiger partial charge is 0.311 e. The van der Waals surface area contributed by atoms with Crippen LogP contribution in [0.4, 0.5) is 5.69 Å². The second-order valence-electron chi connectivity index (χ2n) is 4.97. The molecule has 0 saturated heterocycles. The van der Waals surface area contributed by atoms with Crippen LogP contribution in [0.25, 0.3) is 5.69 Å². The summed E-state index contributed by atoms with van der Waals surface area (Å²) in [7, 11) is 0. The number of aromatic nitrogens is 2. The number of benzene rings is 1. The van der Waals surface area contributed by atoms with Crippen molar-refractivity contribution in [1.82, 2.24) is 9.78 Å². The molecule has 21 heavy (non-hydrogen) atoms. The summed E-state index contributed by atoms with van der Waals surface area (Å²) in [5.74, 6) is 0.246. The molecule has 7 heteroatoms. The van der Waals surface area contributed by atoms with E-state index in [4.69, 9.17) is 4.74 Å². The Morgan fingerprint density at radius 1 is 1.38 bits per heavy atom. The predicted octanol–water partition coefficient (Wildman–Crippen LogP) is 3.95.